The van der Waals surface area contributed by atoms with Crippen LogP contribution in [0, 0.1) is 13.8 Å². The lowest BCUT2D eigenvalue weighted by Gasteiger charge is -2.16. The highest BCUT2D eigenvalue weighted by Crippen LogP contribution is 2.30. The standard InChI is InChI=1S/C30H36N8O4/c1-18-19(2)23(42-17-20-12-13-32-25(14-20)35-28(39)31-6)10-9-22(18)34-29(40)36-26-15-24(30(3,4)5)37-38(26)21-8-11-27(41-7)33-16-21/h8-16H,17H2,1-7H3,(H2,34,36,40)(H2,31,32,35,39). The maximum Gasteiger partial charge on any atom is 0.324 e. The molecule has 1 aromatic carbocycles. The predicted molar refractivity (Wildman–Crippen MR) is 162 cm³/mol. The van der Waals surface area contributed by atoms with Crippen molar-refractivity contribution in [2.45, 2.75) is 46.6 Å². The molecule has 0 saturated carbocycles. The fraction of sp³-hybridized carbons (Fsp3) is 0.300. The quantitative estimate of drug-likeness (QED) is 0.216. The molecule has 12 nitrogen and oxygen atoms in total. The molecular weight excluding hydrogens is 536 g/mol. The molecule has 0 fully saturated rings. The van der Waals surface area contributed by atoms with Crippen LogP contribution in [0.2, 0.25) is 0 Å². The zero-order chi connectivity index (χ0) is 30.4. The molecule has 12 heteroatoms. The van der Waals surface area contributed by atoms with E-state index < -0.39 is 6.03 Å². The Bertz CT molecular complexity index is 1580. The van der Waals surface area contributed by atoms with Crippen LogP contribution in [0.5, 0.6) is 11.6 Å². The van der Waals surface area contributed by atoms with Crippen molar-refractivity contribution in [3.05, 3.63) is 77.2 Å². The number of pyridine rings is 2. The van der Waals surface area contributed by atoms with Crippen molar-refractivity contribution in [1.82, 2.24) is 25.1 Å². The second kappa shape index (κ2) is 12.6. The number of hydrogen-bond donors (Lipinski definition) is 4. The molecule has 3 aromatic heterocycles. The number of nitrogens with one attached hydrogen (secondary N) is 4. The summed E-state index contributed by atoms with van der Waals surface area (Å²) in [7, 11) is 3.09. The van der Waals surface area contributed by atoms with Crippen LogP contribution < -0.4 is 30.7 Å². The summed E-state index contributed by atoms with van der Waals surface area (Å²) in [5, 5.41) is 15.7. The molecule has 0 atom stereocenters. The number of nitrogens with zero attached hydrogens (tertiary/aromatic N) is 4. The molecule has 4 amide bonds. The average Bonchev–Trinajstić information content (AvgIpc) is 3.39. The van der Waals surface area contributed by atoms with E-state index in [0.29, 0.717) is 34.6 Å². The van der Waals surface area contributed by atoms with E-state index >= 15 is 0 Å². The molecule has 0 spiro atoms. The van der Waals surface area contributed by atoms with E-state index in [1.807, 2.05) is 38.1 Å². The first-order valence-corrected chi connectivity index (χ1v) is 13.3. The molecule has 4 rings (SSSR count). The first kappa shape index (κ1) is 29.8. The topological polar surface area (TPSA) is 144 Å². The third kappa shape index (κ3) is 7.14. The minimum Gasteiger partial charge on any atom is -0.489 e. The highest BCUT2D eigenvalue weighted by molar-refractivity contribution is 6.00. The summed E-state index contributed by atoms with van der Waals surface area (Å²) in [5.74, 6) is 2.08. The average molecular weight is 573 g/mol. The molecule has 4 N–H and O–H groups in total. The van der Waals surface area contributed by atoms with E-state index in [0.717, 1.165) is 22.4 Å². The van der Waals surface area contributed by atoms with E-state index in [-0.39, 0.29) is 18.1 Å². The van der Waals surface area contributed by atoms with Gasteiger partial charge in [-0.05, 0) is 60.9 Å². The molecule has 4 aromatic rings. The van der Waals surface area contributed by atoms with Gasteiger partial charge in [-0.1, -0.05) is 20.8 Å². The minimum atomic E-state index is -0.415. The van der Waals surface area contributed by atoms with Crippen molar-refractivity contribution in [1.29, 1.82) is 0 Å². The van der Waals surface area contributed by atoms with Crippen LogP contribution in [-0.4, -0.2) is 46.0 Å². The molecule has 220 valence electrons. The maximum atomic E-state index is 13.1. The first-order valence-electron chi connectivity index (χ1n) is 13.3. The lowest BCUT2D eigenvalue weighted by molar-refractivity contribution is 0.253. The largest absolute Gasteiger partial charge is 0.489 e. The maximum absolute atomic E-state index is 13.1. The molecular formula is C30H36N8O4. The SMILES string of the molecule is CNC(=O)Nc1cc(COc2ccc(NC(=O)Nc3cc(C(C)(C)C)nn3-c3ccc(OC)nc3)c(C)c2C)ccn1. The third-order valence-electron chi connectivity index (χ3n) is 6.57. The van der Waals surface area contributed by atoms with Crippen molar-refractivity contribution in [3.8, 4) is 17.3 Å². The van der Waals surface area contributed by atoms with E-state index in [2.05, 4.69) is 52.0 Å². The number of hydrogen-bond acceptors (Lipinski definition) is 7. The van der Waals surface area contributed by atoms with Crippen LogP contribution in [-0.2, 0) is 12.0 Å². The fourth-order valence-electron chi connectivity index (χ4n) is 3.98. The third-order valence-corrected chi connectivity index (χ3v) is 6.57. The van der Waals surface area contributed by atoms with Gasteiger partial charge in [-0.2, -0.15) is 5.10 Å². The number of carbonyl (C=O) groups excluding carboxylic acids is 2. The molecule has 0 saturated heterocycles. The van der Waals surface area contributed by atoms with E-state index in [4.69, 9.17) is 14.6 Å². The molecule has 0 unspecified atom stereocenters. The van der Waals surface area contributed by atoms with Gasteiger partial charge in [0, 0.05) is 36.5 Å². The van der Waals surface area contributed by atoms with Crippen LogP contribution >= 0.6 is 0 Å². The summed E-state index contributed by atoms with van der Waals surface area (Å²) in [6.45, 7) is 10.3. The number of urea groups is 2. The van der Waals surface area contributed by atoms with Gasteiger partial charge in [-0.25, -0.2) is 24.2 Å². The number of rotatable bonds is 8. The van der Waals surface area contributed by atoms with Gasteiger partial charge in [-0.15, -0.1) is 0 Å². The lowest BCUT2D eigenvalue weighted by atomic mass is 9.92. The number of anilines is 3. The normalized spacial score (nSPS) is 11.0. The number of amides is 4. The number of benzene rings is 1. The van der Waals surface area contributed by atoms with Crippen LogP contribution in [0.3, 0.4) is 0 Å². The molecule has 42 heavy (non-hydrogen) atoms. The zero-order valence-electron chi connectivity index (χ0n) is 24.8. The van der Waals surface area contributed by atoms with Crippen molar-refractivity contribution in [3.63, 3.8) is 0 Å². The monoisotopic (exact) mass is 572 g/mol. The highest BCUT2D eigenvalue weighted by Gasteiger charge is 2.22. The van der Waals surface area contributed by atoms with Gasteiger partial charge in [0.25, 0.3) is 0 Å². The van der Waals surface area contributed by atoms with E-state index in [1.54, 1.807) is 42.4 Å². The molecule has 0 aliphatic rings. The van der Waals surface area contributed by atoms with E-state index in [1.165, 1.54) is 7.05 Å². The number of aromatic nitrogens is 4. The molecule has 0 aliphatic carbocycles. The smallest absolute Gasteiger partial charge is 0.324 e. The van der Waals surface area contributed by atoms with Crippen molar-refractivity contribution in [2.24, 2.45) is 0 Å². The van der Waals surface area contributed by atoms with Gasteiger partial charge < -0.3 is 20.1 Å². The summed E-state index contributed by atoms with van der Waals surface area (Å²) in [5.41, 5.74) is 4.49. The molecule has 0 radical (unpaired) electrons. The zero-order valence-corrected chi connectivity index (χ0v) is 24.8. The minimum absolute atomic E-state index is 0.236. The Labute approximate surface area is 244 Å². The van der Waals surface area contributed by atoms with Gasteiger partial charge >= 0.3 is 12.1 Å². The Kier molecular flexibility index (Phi) is 8.94. The first-order chi connectivity index (χ1) is 20.0. The second-order valence-corrected chi connectivity index (χ2v) is 10.6. The summed E-state index contributed by atoms with van der Waals surface area (Å²) in [6.07, 6.45) is 3.24. The Morgan fingerprint density at radius 1 is 0.929 bits per heavy atom. The Hall–Kier alpha value is -5.13. The van der Waals surface area contributed by atoms with Gasteiger partial charge in [0.1, 0.15) is 24.0 Å². The number of methoxy groups -OCH3 is 1. The Morgan fingerprint density at radius 2 is 1.71 bits per heavy atom. The second-order valence-electron chi connectivity index (χ2n) is 10.6. The fourth-order valence-corrected chi connectivity index (χ4v) is 3.98. The van der Waals surface area contributed by atoms with Gasteiger partial charge in [0.05, 0.1) is 24.7 Å². The van der Waals surface area contributed by atoms with Crippen LogP contribution in [0.1, 0.15) is 43.2 Å². The molecule has 3 heterocycles. The molecule has 0 aliphatic heterocycles. The summed E-state index contributed by atoms with van der Waals surface area (Å²) in [4.78, 5) is 33.1. The van der Waals surface area contributed by atoms with Crippen molar-refractivity contribution >= 4 is 29.4 Å². The number of carbonyl (C=O) groups is 2. The highest BCUT2D eigenvalue weighted by atomic mass is 16.5. The predicted octanol–water partition coefficient (Wildman–Crippen LogP) is 5.56. The van der Waals surface area contributed by atoms with Crippen molar-refractivity contribution < 1.29 is 19.1 Å². The van der Waals surface area contributed by atoms with Crippen molar-refractivity contribution in [2.75, 3.05) is 30.1 Å². The van der Waals surface area contributed by atoms with Crippen LogP contribution in [0.25, 0.3) is 5.69 Å². The van der Waals surface area contributed by atoms with Gasteiger partial charge in [-0.3, -0.25) is 10.6 Å². The lowest BCUT2D eigenvalue weighted by Crippen LogP contribution is -2.25. The van der Waals surface area contributed by atoms with Crippen LogP contribution in [0.4, 0.5) is 26.9 Å². The van der Waals surface area contributed by atoms with Crippen LogP contribution in [0.15, 0.2) is 54.9 Å². The summed E-state index contributed by atoms with van der Waals surface area (Å²) < 4.78 is 12.9. The Balaban J connectivity index is 1.47. The Morgan fingerprint density at radius 3 is 2.38 bits per heavy atom. The molecule has 0 bridgehead atoms. The summed E-state index contributed by atoms with van der Waals surface area (Å²) >= 11 is 0. The number of ether oxygens (including phenoxy) is 2. The van der Waals surface area contributed by atoms with E-state index in [9.17, 15) is 9.59 Å². The summed E-state index contributed by atoms with van der Waals surface area (Å²) in [6, 6.07) is 11.8. The van der Waals surface area contributed by atoms with Gasteiger partial charge in [0.15, 0.2) is 0 Å². The van der Waals surface area contributed by atoms with Gasteiger partial charge in [0.2, 0.25) is 5.88 Å².